The summed E-state index contributed by atoms with van der Waals surface area (Å²) in [4.78, 5) is 0. The number of hydrogen-bond donors (Lipinski definition) is 0. The van der Waals surface area contributed by atoms with Crippen LogP contribution in [-0.4, -0.2) is 0 Å². The first-order valence-electron chi connectivity index (χ1n) is 8.83. The topological polar surface area (TPSA) is 0 Å². The summed E-state index contributed by atoms with van der Waals surface area (Å²) in [5, 5.41) is 0. The number of hydrogen-bond acceptors (Lipinski definition) is 0. The van der Waals surface area contributed by atoms with Crippen LogP contribution in [0.25, 0.3) is 0 Å². The van der Waals surface area contributed by atoms with Gasteiger partial charge in [-0.2, -0.15) is 0 Å². The first-order valence-corrected chi connectivity index (χ1v) is 8.83. The quantitative estimate of drug-likeness (QED) is 0.477. The minimum Gasteiger partial charge on any atom is -0.0591 e. The van der Waals surface area contributed by atoms with Gasteiger partial charge in [0.2, 0.25) is 0 Å². The van der Waals surface area contributed by atoms with Crippen molar-refractivity contribution >= 4 is 0 Å². The molecule has 0 heteroatoms. The monoisotopic (exact) mass is 262 g/mol. The van der Waals surface area contributed by atoms with Crippen LogP contribution in [0.1, 0.15) is 98.3 Å². The average Bonchev–Trinajstić information content (AvgIpc) is 2.46. The van der Waals surface area contributed by atoms with Gasteiger partial charge in [0, 0.05) is 0 Å². The van der Waals surface area contributed by atoms with Gasteiger partial charge < -0.3 is 0 Å². The van der Waals surface area contributed by atoms with E-state index in [1.807, 2.05) is 0 Å². The summed E-state index contributed by atoms with van der Waals surface area (Å²) < 4.78 is 0. The van der Waals surface area contributed by atoms with Crippen molar-refractivity contribution in [3.8, 4) is 0 Å². The third-order valence-corrected chi connectivity index (χ3v) is 8.51. The SMILES string of the molecule is CC12CCCC(C)(CCC1)C1(C)CCCC2(C)CC1. The molecule has 0 N–H and O–H groups in total. The average molecular weight is 262 g/mol. The van der Waals surface area contributed by atoms with E-state index in [1.165, 1.54) is 70.6 Å². The lowest BCUT2D eigenvalue weighted by molar-refractivity contribution is 0.00102. The minimum atomic E-state index is 0.625. The molecule has 2 atom stereocenters. The fourth-order valence-corrected chi connectivity index (χ4v) is 6.07. The zero-order valence-corrected chi connectivity index (χ0v) is 13.8. The minimum absolute atomic E-state index is 0.625. The summed E-state index contributed by atoms with van der Waals surface area (Å²) >= 11 is 0. The number of rotatable bonds is 0. The standard InChI is InChI=1S/C19H34/c1-16-8-5-10-17(2,11-6-9-16)19(4)13-7-12-18(16,3)14-15-19/h5-15H2,1-4H3. The lowest BCUT2D eigenvalue weighted by atomic mass is 9.55. The Bertz CT molecular complexity index is 313. The van der Waals surface area contributed by atoms with Crippen molar-refractivity contribution in [2.75, 3.05) is 0 Å². The van der Waals surface area contributed by atoms with E-state index < -0.39 is 0 Å². The van der Waals surface area contributed by atoms with Gasteiger partial charge in [-0.25, -0.2) is 0 Å². The molecule has 4 aliphatic carbocycles. The first kappa shape index (κ1) is 14.0. The van der Waals surface area contributed by atoms with Crippen LogP contribution in [-0.2, 0) is 0 Å². The molecule has 2 unspecified atom stereocenters. The van der Waals surface area contributed by atoms with E-state index in [0.717, 1.165) is 0 Å². The Morgan fingerprint density at radius 1 is 0.368 bits per heavy atom. The zero-order chi connectivity index (χ0) is 13.8. The van der Waals surface area contributed by atoms with Gasteiger partial charge in [0.25, 0.3) is 0 Å². The van der Waals surface area contributed by atoms with E-state index in [-0.39, 0.29) is 0 Å². The number of fused-ring (bicyclic) bond motifs is 4. The van der Waals surface area contributed by atoms with Crippen LogP contribution >= 0.6 is 0 Å². The first-order chi connectivity index (χ1) is 8.83. The van der Waals surface area contributed by atoms with Crippen LogP contribution in [0, 0.1) is 21.7 Å². The van der Waals surface area contributed by atoms with E-state index in [9.17, 15) is 0 Å². The molecule has 0 nitrogen and oxygen atoms in total. The summed E-state index contributed by atoms with van der Waals surface area (Å²) in [6.45, 7) is 10.6. The fourth-order valence-electron chi connectivity index (χ4n) is 6.07. The predicted octanol–water partition coefficient (Wildman–Crippen LogP) is 6.34. The second-order valence-corrected chi connectivity index (χ2v) is 9.30. The molecule has 0 aromatic heterocycles. The Hall–Kier alpha value is 0. The molecular formula is C19H34. The van der Waals surface area contributed by atoms with Crippen LogP contribution < -0.4 is 0 Å². The molecule has 4 rings (SSSR count). The molecule has 0 amide bonds. The van der Waals surface area contributed by atoms with Crippen LogP contribution in [0.4, 0.5) is 0 Å². The Balaban J connectivity index is 2.09. The van der Waals surface area contributed by atoms with E-state index in [0.29, 0.717) is 21.7 Å². The van der Waals surface area contributed by atoms with E-state index in [4.69, 9.17) is 0 Å². The van der Waals surface area contributed by atoms with Crippen molar-refractivity contribution in [2.45, 2.75) is 98.3 Å². The Labute approximate surface area is 120 Å². The van der Waals surface area contributed by atoms with Crippen molar-refractivity contribution in [2.24, 2.45) is 21.7 Å². The summed E-state index contributed by atoms with van der Waals surface area (Å²) in [6.07, 6.45) is 16.4. The summed E-state index contributed by atoms with van der Waals surface area (Å²) in [5.41, 5.74) is 2.51. The maximum Gasteiger partial charge on any atom is -0.0272 e. The van der Waals surface area contributed by atoms with Crippen molar-refractivity contribution in [3.05, 3.63) is 0 Å². The van der Waals surface area contributed by atoms with Gasteiger partial charge in [-0.3, -0.25) is 0 Å². The molecule has 0 aliphatic heterocycles. The van der Waals surface area contributed by atoms with Gasteiger partial charge in [0.1, 0.15) is 0 Å². The third-order valence-electron chi connectivity index (χ3n) is 8.51. The maximum atomic E-state index is 2.65. The molecule has 0 aromatic rings. The Morgan fingerprint density at radius 2 is 0.579 bits per heavy atom. The third kappa shape index (κ3) is 1.92. The van der Waals surface area contributed by atoms with Crippen molar-refractivity contribution in [1.29, 1.82) is 0 Å². The van der Waals surface area contributed by atoms with Crippen LogP contribution in [0.5, 0.6) is 0 Å². The molecule has 4 bridgehead atoms. The van der Waals surface area contributed by atoms with Crippen molar-refractivity contribution < 1.29 is 0 Å². The summed E-state index contributed by atoms with van der Waals surface area (Å²) in [6, 6.07) is 0. The highest BCUT2D eigenvalue weighted by molar-refractivity contribution is 5.04. The van der Waals surface area contributed by atoms with Crippen LogP contribution in [0.3, 0.4) is 0 Å². The molecule has 110 valence electrons. The van der Waals surface area contributed by atoms with E-state index >= 15 is 0 Å². The smallest absolute Gasteiger partial charge is 0.0272 e. The lowest BCUT2D eigenvalue weighted by Gasteiger charge is -2.50. The Morgan fingerprint density at radius 3 is 0.842 bits per heavy atom. The van der Waals surface area contributed by atoms with Gasteiger partial charge >= 0.3 is 0 Å². The second-order valence-electron chi connectivity index (χ2n) is 9.30. The van der Waals surface area contributed by atoms with Crippen LogP contribution in [0.15, 0.2) is 0 Å². The molecule has 19 heavy (non-hydrogen) atoms. The fraction of sp³-hybridized carbons (Fsp3) is 1.00. The molecule has 4 fully saturated rings. The van der Waals surface area contributed by atoms with E-state index in [2.05, 4.69) is 27.7 Å². The molecular weight excluding hydrogens is 228 g/mol. The highest BCUT2D eigenvalue weighted by atomic mass is 14.6. The predicted molar refractivity (Wildman–Crippen MR) is 83.2 cm³/mol. The van der Waals surface area contributed by atoms with Crippen molar-refractivity contribution in [3.63, 3.8) is 0 Å². The van der Waals surface area contributed by atoms with Crippen molar-refractivity contribution in [1.82, 2.24) is 0 Å². The molecule has 0 saturated heterocycles. The summed E-state index contributed by atoms with van der Waals surface area (Å²) in [5.74, 6) is 0. The lowest BCUT2D eigenvalue weighted by Crippen LogP contribution is -2.40. The zero-order valence-electron chi connectivity index (χ0n) is 13.8. The largest absolute Gasteiger partial charge is 0.0591 e. The van der Waals surface area contributed by atoms with Gasteiger partial charge in [-0.05, 0) is 73.0 Å². The highest BCUT2D eigenvalue weighted by Crippen LogP contribution is 2.64. The van der Waals surface area contributed by atoms with Gasteiger partial charge in [-0.15, -0.1) is 0 Å². The van der Waals surface area contributed by atoms with Gasteiger partial charge in [0.15, 0.2) is 0 Å². The van der Waals surface area contributed by atoms with E-state index in [1.54, 1.807) is 0 Å². The molecule has 0 heterocycles. The van der Waals surface area contributed by atoms with Gasteiger partial charge in [0.05, 0.1) is 0 Å². The normalized spacial score (nSPS) is 54.9. The highest BCUT2D eigenvalue weighted by Gasteiger charge is 2.53. The molecule has 4 saturated carbocycles. The molecule has 0 radical (unpaired) electrons. The van der Waals surface area contributed by atoms with Crippen LogP contribution in [0.2, 0.25) is 0 Å². The van der Waals surface area contributed by atoms with Gasteiger partial charge in [-0.1, -0.05) is 47.0 Å². The molecule has 0 aromatic carbocycles. The maximum absolute atomic E-state index is 2.65. The molecule has 0 spiro atoms. The second kappa shape index (κ2) is 4.25. The summed E-state index contributed by atoms with van der Waals surface area (Å²) in [7, 11) is 0. The Kier molecular flexibility index (Phi) is 3.12. The molecule has 4 aliphatic rings.